The minimum absolute atomic E-state index is 0.0149. The molecule has 1 aliphatic rings. The van der Waals surface area contributed by atoms with Crippen LogP contribution in [0.3, 0.4) is 0 Å². The third-order valence-corrected chi connectivity index (χ3v) is 6.80. The summed E-state index contributed by atoms with van der Waals surface area (Å²) in [6, 6.07) is 23.4. The van der Waals surface area contributed by atoms with E-state index in [9.17, 15) is 14.7 Å². The van der Waals surface area contributed by atoms with E-state index in [0.717, 1.165) is 22.1 Å². The Morgan fingerprint density at radius 3 is 2.30 bits per heavy atom. The fourth-order valence-corrected chi connectivity index (χ4v) is 4.71. The van der Waals surface area contributed by atoms with Gasteiger partial charge in [0.1, 0.15) is 11.3 Å². The number of amides is 1. The van der Waals surface area contributed by atoms with E-state index in [1.54, 1.807) is 19.2 Å². The van der Waals surface area contributed by atoms with E-state index in [2.05, 4.69) is 20.8 Å². The van der Waals surface area contributed by atoms with Crippen molar-refractivity contribution in [3.63, 3.8) is 0 Å². The fraction of sp³-hybridized carbons (Fsp3) is 0.226. The van der Waals surface area contributed by atoms with E-state index >= 15 is 0 Å². The zero-order valence-corrected chi connectivity index (χ0v) is 21.3. The molecule has 1 atom stereocenters. The number of carbonyl (C=O) groups excluding carboxylic acids is 2. The van der Waals surface area contributed by atoms with Gasteiger partial charge in [-0.15, -0.1) is 0 Å². The largest absolute Gasteiger partial charge is 0.503 e. The van der Waals surface area contributed by atoms with Gasteiger partial charge in [-0.1, -0.05) is 75.4 Å². The van der Waals surface area contributed by atoms with Gasteiger partial charge in [0.05, 0.1) is 18.7 Å². The number of para-hydroxylation sites is 1. The van der Waals surface area contributed by atoms with Gasteiger partial charge in [0.2, 0.25) is 5.78 Å². The number of carbonyl (C=O) groups is 2. The molecule has 0 fully saturated rings. The van der Waals surface area contributed by atoms with Gasteiger partial charge in [-0.2, -0.15) is 0 Å². The van der Waals surface area contributed by atoms with E-state index in [-0.39, 0.29) is 23.3 Å². The second kappa shape index (κ2) is 9.28. The first-order chi connectivity index (χ1) is 17.7. The molecule has 0 radical (unpaired) electrons. The van der Waals surface area contributed by atoms with Crippen LogP contribution in [-0.2, 0) is 16.8 Å². The van der Waals surface area contributed by atoms with Crippen LogP contribution in [0, 0.1) is 0 Å². The lowest BCUT2D eigenvalue weighted by Gasteiger charge is -2.28. The van der Waals surface area contributed by atoms with Crippen molar-refractivity contribution in [2.45, 2.75) is 38.8 Å². The van der Waals surface area contributed by atoms with Gasteiger partial charge in [-0.3, -0.25) is 9.59 Å². The van der Waals surface area contributed by atoms with E-state index in [1.165, 1.54) is 4.90 Å². The van der Waals surface area contributed by atoms with Crippen LogP contribution in [0.4, 0.5) is 0 Å². The zero-order valence-electron chi connectivity index (χ0n) is 21.3. The molecule has 1 unspecified atom stereocenters. The summed E-state index contributed by atoms with van der Waals surface area (Å²) < 4.78 is 11.1. The van der Waals surface area contributed by atoms with Gasteiger partial charge >= 0.3 is 0 Å². The Bertz CT molecular complexity index is 1470. The highest BCUT2D eigenvalue weighted by atomic mass is 16.5. The summed E-state index contributed by atoms with van der Waals surface area (Å²) in [6.45, 7) is 6.58. The zero-order chi connectivity index (χ0) is 26.3. The molecule has 1 amide bonds. The molecule has 6 nitrogen and oxygen atoms in total. The number of furan rings is 1. The first kappa shape index (κ1) is 24.4. The molecule has 1 aromatic heterocycles. The molecule has 0 spiro atoms. The highest BCUT2D eigenvalue weighted by molar-refractivity contribution is 6.16. The lowest BCUT2D eigenvalue weighted by Crippen LogP contribution is -2.30. The van der Waals surface area contributed by atoms with Gasteiger partial charge in [-0.05, 0) is 46.4 Å². The maximum absolute atomic E-state index is 13.8. The number of aliphatic hydroxyl groups excluding tert-OH is 1. The molecule has 0 bridgehead atoms. The Kier molecular flexibility index (Phi) is 6.12. The number of ether oxygens (including phenoxy) is 1. The minimum Gasteiger partial charge on any atom is -0.503 e. The lowest BCUT2D eigenvalue weighted by atomic mass is 9.85. The molecular formula is C31H29NO5. The Balaban J connectivity index is 1.58. The smallest absolute Gasteiger partial charge is 0.290 e. The van der Waals surface area contributed by atoms with Crippen LogP contribution in [-0.4, -0.2) is 28.8 Å². The summed E-state index contributed by atoms with van der Waals surface area (Å²) in [7, 11) is 1.59. The maximum Gasteiger partial charge on any atom is 0.290 e. The molecule has 1 N–H and O–H groups in total. The molecule has 188 valence electrons. The van der Waals surface area contributed by atoms with Crippen molar-refractivity contribution in [1.29, 1.82) is 0 Å². The van der Waals surface area contributed by atoms with Gasteiger partial charge in [0.25, 0.3) is 5.91 Å². The molecule has 0 saturated carbocycles. The van der Waals surface area contributed by atoms with Gasteiger partial charge in [-0.25, -0.2) is 0 Å². The highest BCUT2D eigenvalue weighted by Gasteiger charge is 2.44. The summed E-state index contributed by atoms with van der Waals surface area (Å²) in [5.74, 6) is -0.876. The van der Waals surface area contributed by atoms with Crippen molar-refractivity contribution < 1.29 is 23.8 Å². The first-order valence-electron chi connectivity index (χ1n) is 12.2. The highest BCUT2D eigenvalue weighted by Crippen LogP contribution is 2.41. The number of methoxy groups -OCH3 is 1. The summed E-state index contributed by atoms with van der Waals surface area (Å²) >= 11 is 0. The molecule has 3 aromatic carbocycles. The van der Waals surface area contributed by atoms with Crippen molar-refractivity contribution in [3.05, 3.63) is 113 Å². The molecule has 4 aromatic rings. The summed E-state index contributed by atoms with van der Waals surface area (Å²) in [5.41, 5.74) is 3.23. The van der Waals surface area contributed by atoms with Crippen LogP contribution in [0.2, 0.25) is 0 Å². The summed E-state index contributed by atoms with van der Waals surface area (Å²) in [6.07, 6.45) is 0. The molecular weight excluding hydrogens is 466 g/mol. The Morgan fingerprint density at radius 1 is 1.00 bits per heavy atom. The van der Waals surface area contributed by atoms with E-state index in [0.29, 0.717) is 11.3 Å². The Morgan fingerprint density at radius 2 is 1.68 bits per heavy atom. The summed E-state index contributed by atoms with van der Waals surface area (Å²) in [4.78, 5) is 28.7. The number of Topliss-reactive ketones (excluding diaryl/α,β-unsaturated/α-hetero) is 1. The second-order valence-electron chi connectivity index (χ2n) is 10.3. The third-order valence-electron chi connectivity index (χ3n) is 6.80. The molecule has 0 saturated heterocycles. The van der Waals surface area contributed by atoms with E-state index < -0.39 is 23.5 Å². The molecule has 2 heterocycles. The van der Waals surface area contributed by atoms with Crippen molar-refractivity contribution in [1.82, 2.24) is 4.90 Å². The quantitative estimate of drug-likeness (QED) is 0.308. The number of nitrogens with zero attached hydrogens (tertiary/aromatic N) is 1. The van der Waals surface area contributed by atoms with Crippen LogP contribution in [0.25, 0.3) is 11.0 Å². The number of ketones is 1. The normalized spacial score (nSPS) is 16.1. The number of fused-ring (bicyclic) bond motifs is 1. The van der Waals surface area contributed by atoms with E-state index in [4.69, 9.17) is 9.15 Å². The predicted molar refractivity (Wildman–Crippen MR) is 142 cm³/mol. The minimum atomic E-state index is -0.774. The third kappa shape index (κ3) is 4.51. The second-order valence-corrected chi connectivity index (χ2v) is 10.3. The van der Waals surface area contributed by atoms with Gasteiger partial charge in [0, 0.05) is 11.9 Å². The maximum atomic E-state index is 13.8. The van der Waals surface area contributed by atoms with E-state index in [1.807, 2.05) is 66.7 Å². The van der Waals surface area contributed by atoms with Crippen molar-refractivity contribution in [2.24, 2.45) is 0 Å². The Hall–Kier alpha value is -4.32. The molecule has 6 heteroatoms. The Labute approximate surface area is 215 Å². The standard InChI is InChI=1S/C31H29NO5/c1-31(2,3)22-13-11-20(12-14-22)27-26(28(33)25-17-21-7-5-6-8-24(21)37-25)29(34)30(35)32(27)18-19-9-15-23(36-4)16-10-19/h5-17,27,34H,18H2,1-4H3. The molecule has 0 aliphatic carbocycles. The van der Waals surface area contributed by atoms with Crippen molar-refractivity contribution in [2.75, 3.05) is 7.11 Å². The average Bonchev–Trinajstić information content (AvgIpc) is 3.43. The van der Waals surface area contributed by atoms with Gasteiger partial charge < -0.3 is 19.2 Å². The first-order valence-corrected chi connectivity index (χ1v) is 12.2. The predicted octanol–water partition coefficient (Wildman–Crippen LogP) is 6.52. The van der Waals surface area contributed by atoms with Crippen LogP contribution in [0.1, 0.15) is 54.1 Å². The topological polar surface area (TPSA) is 80.0 Å². The number of hydrogen-bond acceptors (Lipinski definition) is 5. The van der Waals surface area contributed by atoms with Crippen LogP contribution in [0.5, 0.6) is 5.75 Å². The number of aliphatic hydroxyl groups is 1. The fourth-order valence-electron chi connectivity index (χ4n) is 4.71. The SMILES string of the molecule is COc1ccc(CN2C(=O)C(O)=C(C(=O)c3cc4ccccc4o3)C2c2ccc(C(C)(C)C)cc2)cc1. The lowest BCUT2D eigenvalue weighted by molar-refractivity contribution is -0.130. The van der Waals surface area contributed by atoms with Crippen LogP contribution in [0.15, 0.2) is 94.6 Å². The molecule has 37 heavy (non-hydrogen) atoms. The number of benzene rings is 3. The molecule has 5 rings (SSSR count). The summed E-state index contributed by atoms with van der Waals surface area (Å²) in [5, 5.41) is 11.8. The monoisotopic (exact) mass is 495 g/mol. The van der Waals surface area contributed by atoms with Gasteiger partial charge in [0.15, 0.2) is 11.5 Å². The number of hydrogen-bond donors (Lipinski definition) is 1. The molecule has 1 aliphatic heterocycles. The van der Waals surface area contributed by atoms with Crippen LogP contribution < -0.4 is 4.74 Å². The number of rotatable bonds is 6. The van der Waals surface area contributed by atoms with Crippen molar-refractivity contribution >= 4 is 22.7 Å². The average molecular weight is 496 g/mol. The van der Waals surface area contributed by atoms with Crippen LogP contribution >= 0.6 is 0 Å². The van der Waals surface area contributed by atoms with Crippen molar-refractivity contribution in [3.8, 4) is 5.75 Å².